The second kappa shape index (κ2) is 7.66. The van der Waals surface area contributed by atoms with Gasteiger partial charge in [0.05, 0.1) is 12.5 Å². The first-order valence-electron chi connectivity index (χ1n) is 8.00. The Morgan fingerprint density at radius 2 is 1.84 bits per heavy atom. The lowest BCUT2D eigenvalue weighted by Crippen LogP contribution is -2.32. The predicted octanol–water partition coefficient (Wildman–Crippen LogP) is 4.46. The third-order valence-corrected chi connectivity index (χ3v) is 4.67. The Hall–Kier alpha value is -2.40. The number of hydrogen-bond donors (Lipinski definition) is 0. The normalized spacial score (nSPS) is 15.6. The second-order valence-electron chi connectivity index (χ2n) is 5.88. The number of nitrogens with zero attached hydrogens (tertiary/aromatic N) is 1. The fourth-order valence-corrected chi connectivity index (χ4v) is 3.14. The summed E-state index contributed by atoms with van der Waals surface area (Å²) in [5.41, 5.74) is 2.90. The van der Waals surface area contributed by atoms with E-state index >= 15 is 0 Å². The van der Waals surface area contributed by atoms with Crippen LogP contribution in [-0.4, -0.2) is 16.8 Å². The Labute approximate surface area is 155 Å². The monoisotopic (exact) mass is 399 g/mol. The molecular weight excluding hydrogens is 382 g/mol. The highest BCUT2D eigenvalue weighted by atomic mass is 79.9. The van der Waals surface area contributed by atoms with Crippen LogP contribution in [0.2, 0.25) is 0 Å². The smallest absolute Gasteiger partial charge is 0.308 e. The SMILES string of the molecule is CC(=O)N1C=Cc2ccccc2[C@@H]1CC(=O)OCc1ccc(Br)cc1. The Bertz CT molecular complexity index is 814. The number of rotatable bonds is 4. The molecule has 0 saturated carbocycles. The molecule has 0 radical (unpaired) electrons. The van der Waals surface area contributed by atoms with Crippen LogP contribution in [-0.2, 0) is 20.9 Å². The van der Waals surface area contributed by atoms with Crippen molar-refractivity contribution in [2.24, 2.45) is 0 Å². The molecule has 1 aliphatic rings. The van der Waals surface area contributed by atoms with Gasteiger partial charge < -0.3 is 9.64 Å². The molecule has 0 bridgehead atoms. The van der Waals surface area contributed by atoms with Crippen molar-refractivity contribution in [3.05, 3.63) is 75.9 Å². The van der Waals surface area contributed by atoms with E-state index in [2.05, 4.69) is 15.9 Å². The molecule has 4 nitrogen and oxygen atoms in total. The van der Waals surface area contributed by atoms with Crippen LogP contribution >= 0.6 is 15.9 Å². The van der Waals surface area contributed by atoms with E-state index in [0.717, 1.165) is 21.2 Å². The Balaban J connectivity index is 1.70. The van der Waals surface area contributed by atoms with Crippen molar-refractivity contribution in [1.82, 2.24) is 4.90 Å². The molecule has 128 valence electrons. The Morgan fingerprint density at radius 3 is 2.56 bits per heavy atom. The van der Waals surface area contributed by atoms with Crippen molar-refractivity contribution < 1.29 is 14.3 Å². The highest BCUT2D eigenvalue weighted by Crippen LogP contribution is 2.33. The fraction of sp³-hybridized carbons (Fsp3) is 0.200. The molecule has 0 N–H and O–H groups in total. The van der Waals surface area contributed by atoms with E-state index in [1.165, 1.54) is 6.92 Å². The molecule has 1 atom stereocenters. The Kier molecular flexibility index (Phi) is 5.34. The third-order valence-electron chi connectivity index (χ3n) is 4.14. The van der Waals surface area contributed by atoms with E-state index in [1.807, 2.05) is 54.6 Å². The van der Waals surface area contributed by atoms with Crippen molar-refractivity contribution in [3.63, 3.8) is 0 Å². The van der Waals surface area contributed by atoms with Crippen molar-refractivity contribution >= 4 is 33.9 Å². The molecule has 0 spiro atoms. The standard InChI is InChI=1S/C20H18BrNO3/c1-14(23)22-11-10-16-4-2-3-5-18(16)19(22)12-20(24)25-13-15-6-8-17(21)9-7-15/h2-11,19H,12-13H2,1H3/t19-/m0/s1. The van der Waals surface area contributed by atoms with Crippen molar-refractivity contribution in [1.29, 1.82) is 0 Å². The van der Waals surface area contributed by atoms with Crippen molar-refractivity contribution in [2.75, 3.05) is 0 Å². The molecule has 0 aliphatic carbocycles. The lowest BCUT2D eigenvalue weighted by atomic mass is 9.94. The van der Waals surface area contributed by atoms with Crippen LogP contribution < -0.4 is 0 Å². The number of esters is 1. The van der Waals surface area contributed by atoms with Gasteiger partial charge in [-0.05, 0) is 34.9 Å². The number of benzene rings is 2. The molecule has 0 fully saturated rings. The number of halogens is 1. The average molecular weight is 400 g/mol. The summed E-state index contributed by atoms with van der Waals surface area (Å²) in [4.78, 5) is 25.9. The molecule has 5 heteroatoms. The maximum atomic E-state index is 12.3. The summed E-state index contributed by atoms with van der Waals surface area (Å²) in [7, 11) is 0. The first-order valence-corrected chi connectivity index (χ1v) is 8.80. The van der Waals surface area contributed by atoms with Gasteiger partial charge in [-0.15, -0.1) is 0 Å². The third kappa shape index (κ3) is 4.17. The lowest BCUT2D eigenvalue weighted by molar-refractivity contribution is -0.146. The van der Waals surface area contributed by atoms with Gasteiger partial charge in [0.2, 0.25) is 5.91 Å². The minimum atomic E-state index is -0.337. The van der Waals surface area contributed by atoms with Gasteiger partial charge in [0.25, 0.3) is 0 Å². The summed E-state index contributed by atoms with van der Waals surface area (Å²) in [5, 5.41) is 0. The van der Waals surface area contributed by atoms with Crippen LogP contribution in [0.3, 0.4) is 0 Å². The average Bonchev–Trinajstić information content (AvgIpc) is 2.61. The van der Waals surface area contributed by atoms with Crippen LogP contribution in [0.15, 0.2) is 59.2 Å². The first kappa shape index (κ1) is 17.4. The second-order valence-corrected chi connectivity index (χ2v) is 6.79. The fourth-order valence-electron chi connectivity index (χ4n) is 2.87. The van der Waals surface area contributed by atoms with Gasteiger partial charge in [-0.25, -0.2) is 0 Å². The molecule has 1 aliphatic heterocycles. The molecular formula is C20H18BrNO3. The molecule has 2 aromatic carbocycles. The number of hydrogen-bond acceptors (Lipinski definition) is 3. The zero-order valence-electron chi connectivity index (χ0n) is 13.8. The van der Waals surface area contributed by atoms with Gasteiger partial charge >= 0.3 is 5.97 Å². The van der Waals surface area contributed by atoms with Gasteiger partial charge in [-0.3, -0.25) is 9.59 Å². The highest BCUT2D eigenvalue weighted by molar-refractivity contribution is 9.10. The number of carbonyl (C=O) groups excluding carboxylic acids is 2. The molecule has 1 amide bonds. The van der Waals surface area contributed by atoms with Crippen LogP contribution in [0, 0.1) is 0 Å². The van der Waals surface area contributed by atoms with E-state index in [0.29, 0.717) is 0 Å². The van der Waals surface area contributed by atoms with Gasteiger partial charge in [0, 0.05) is 17.6 Å². The minimum absolute atomic E-state index is 0.100. The van der Waals surface area contributed by atoms with E-state index < -0.39 is 0 Å². The van der Waals surface area contributed by atoms with E-state index in [-0.39, 0.29) is 30.9 Å². The number of amides is 1. The molecule has 0 unspecified atom stereocenters. The van der Waals surface area contributed by atoms with Crippen LogP contribution in [0.1, 0.15) is 36.1 Å². The topological polar surface area (TPSA) is 46.6 Å². The number of carbonyl (C=O) groups is 2. The largest absolute Gasteiger partial charge is 0.461 e. The van der Waals surface area contributed by atoms with Gasteiger partial charge in [0.1, 0.15) is 6.61 Å². The van der Waals surface area contributed by atoms with Gasteiger partial charge in [-0.2, -0.15) is 0 Å². The van der Waals surface area contributed by atoms with E-state index in [1.54, 1.807) is 11.1 Å². The van der Waals surface area contributed by atoms with Gasteiger partial charge in [0.15, 0.2) is 0 Å². The first-order chi connectivity index (χ1) is 12.0. The minimum Gasteiger partial charge on any atom is -0.461 e. The molecule has 0 aromatic heterocycles. The highest BCUT2D eigenvalue weighted by Gasteiger charge is 2.28. The molecule has 0 saturated heterocycles. The molecule has 3 rings (SSSR count). The summed E-state index contributed by atoms with van der Waals surface area (Å²) >= 11 is 3.38. The number of ether oxygens (including phenoxy) is 1. The summed E-state index contributed by atoms with van der Waals surface area (Å²) in [5.74, 6) is -0.430. The maximum absolute atomic E-state index is 12.3. The molecule has 1 heterocycles. The lowest BCUT2D eigenvalue weighted by Gasteiger charge is -2.32. The van der Waals surface area contributed by atoms with E-state index in [4.69, 9.17) is 4.74 Å². The van der Waals surface area contributed by atoms with Gasteiger partial charge in [-0.1, -0.05) is 52.3 Å². The zero-order valence-corrected chi connectivity index (χ0v) is 15.4. The number of fused-ring (bicyclic) bond motifs is 1. The van der Waals surface area contributed by atoms with Crippen LogP contribution in [0.5, 0.6) is 0 Å². The summed E-state index contributed by atoms with van der Waals surface area (Å²) < 4.78 is 6.37. The van der Waals surface area contributed by atoms with Crippen LogP contribution in [0.25, 0.3) is 6.08 Å². The predicted molar refractivity (Wildman–Crippen MR) is 99.3 cm³/mol. The van der Waals surface area contributed by atoms with E-state index in [9.17, 15) is 9.59 Å². The quantitative estimate of drug-likeness (QED) is 0.713. The summed E-state index contributed by atoms with van der Waals surface area (Å²) in [6, 6.07) is 15.1. The molecule has 25 heavy (non-hydrogen) atoms. The van der Waals surface area contributed by atoms with Crippen molar-refractivity contribution in [3.8, 4) is 0 Å². The Morgan fingerprint density at radius 1 is 1.12 bits per heavy atom. The summed E-state index contributed by atoms with van der Waals surface area (Å²) in [6.45, 7) is 1.72. The molecule has 2 aromatic rings. The zero-order chi connectivity index (χ0) is 17.8. The van der Waals surface area contributed by atoms with Crippen molar-refractivity contribution in [2.45, 2.75) is 26.0 Å². The maximum Gasteiger partial charge on any atom is 0.308 e. The van der Waals surface area contributed by atoms with Crippen LogP contribution in [0.4, 0.5) is 0 Å². The summed E-state index contributed by atoms with van der Waals surface area (Å²) in [6.07, 6.45) is 3.75.